The SMILES string of the molecule is CC(C)(C(=O)N1CC[C@@H](O)C1)C1CCCC1. The molecule has 0 radical (unpaired) electrons. The van der Waals surface area contributed by atoms with Crippen molar-refractivity contribution in [3.63, 3.8) is 0 Å². The van der Waals surface area contributed by atoms with E-state index in [1.165, 1.54) is 25.7 Å². The van der Waals surface area contributed by atoms with E-state index in [0.717, 1.165) is 13.0 Å². The molecule has 1 saturated heterocycles. The molecule has 1 aliphatic carbocycles. The average Bonchev–Trinajstić information content (AvgIpc) is 2.86. The molecule has 1 amide bonds. The van der Waals surface area contributed by atoms with Gasteiger partial charge in [0.25, 0.3) is 0 Å². The van der Waals surface area contributed by atoms with Gasteiger partial charge < -0.3 is 10.0 Å². The third kappa shape index (κ3) is 2.10. The van der Waals surface area contributed by atoms with Gasteiger partial charge in [-0.25, -0.2) is 0 Å². The lowest BCUT2D eigenvalue weighted by Gasteiger charge is -2.34. The van der Waals surface area contributed by atoms with Crippen molar-refractivity contribution in [2.45, 2.75) is 52.1 Å². The number of β-amino-alcohol motifs (C(OH)–C–C–N with tert-alkyl or cyclic N) is 1. The van der Waals surface area contributed by atoms with Crippen LogP contribution in [0.25, 0.3) is 0 Å². The molecule has 2 fully saturated rings. The molecule has 1 atom stereocenters. The quantitative estimate of drug-likeness (QED) is 0.778. The zero-order chi connectivity index (χ0) is 11.8. The van der Waals surface area contributed by atoms with Gasteiger partial charge in [-0.2, -0.15) is 0 Å². The molecule has 92 valence electrons. The summed E-state index contributed by atoms with van der Waals surface area (Å²) in [6.07, 6.45) is 5.36. The molecule has 3 heteroatoms. The number of aliphatic hydroxyl groups excluding tert-OH is 1. The Morgan fingerprint density at radius 2 is 1.88 bits per heavy atom. The van der Waals surface area contributed by atoms with Crippen molar-refractivity contribution in [1.82, 2.24) is 4.90 Å². The minimum absolute atomic E-state index is 0.236. The van der Waals surface area contributed by atoms with Gasteiger partial charge in [-0.1, -0.05) is 26.7 Å². The normalized spacial score (nSPS) is 27.7. The molecular weight excluding hydrogens is 202 g/mol. The highest BCUT2D eigenvalue weighted by Crippen LogP contribution is 2.41. The third-order valence-electron chi connectivity index (χ3n) is 4.38. The van der Waals surface area contributed by atoms with Crippen LogP contribution in [0.4, 0.5) is 0 Å². The molecule has 16 heavy (non-hydrogen) atoms. The minimum atomic E-state index is -0.302. The Labute approximate surface area is 97.8 Å². The summed E-state index contributed by atoms with van der Waals surface area (Å²) < 4.78 is 0. The van der Waals surface area contributed by atoms with Crippen LogP contribution < -0.4 is 0 Å². The van der Waals surface area contributed by atoms with Crippen LogP contribution >= 0.6 is 0 Å². The Balaban J connectivity index is 2.01. The fraction of sp³-hybridized carbons (Fsp3) is 0.923. The van der Waals surface area contributed by atoms with E-state index in [4.69, 9.17) is 0 Å². The molecule has 0 spiro atoms. The average molecular weight is 225 g/mol. The summed E-state index contributed by atoms with van der Waals surface area (Å²) in [4.78, 5) is 14.3. The first kappa shape index (κ1) is 11.9. The largest absolute Gasteiger partial charge is 0.391 e. The first-order valence-electron chi connectivity index (χ1n) is 6.49. The number of carbonyl (C=O) groups is 1. The molecule has 0 aromatic heterocycles. The lowest BCUT2D eigenvalue weighted by Crippen LogP contribution is -2.43. The number of amides is 1. The fourth-order valence-corrected chi connectivity index (χ4v) is 3.16. The Kier molecular flexibility index (Phi) is 3.24. The molecule has 0 unspecified atom stereocenters. The number of likely N-dealkylation sites (tertiary alicyclic amines) is 1. The zero-order valence-electron chi connectivity index (χ0n) is 10.4. The Morgan fingerprint density at radius 1 is 1.25 bits per heavy atom. The number of aliphatic hydroxyl groups is 1. The lowest BCUT2D eigenvalue weighted by molar-refractivity contribution is -0.142. The van der Waals surface area contributed by atoms with Crippen LogP contribution in [0, 0.1) is 11.3 Å². The fourth-order valence-electron chi connectivity index (χ4n) is 3.16. The number of hydrogen-bond acceptors (Lipinski definition) is 2. The van der Waals surface area contributed by atoms with Crippen molar-refractivity contribution < 1.29 is 9.90 Å². The first-order valence-corrected chi connectivity index (χ1v) is 6.49. The van der Waals surface area contributed by atoms with Crippen molar-refractivity contribution >= 4 is 5.91 Å². The van der Waals surface area contributed by atoms with Crippen molar-refractivity contribution in [3.8, 4) is 0 Å². The van der Waals surface area contributed by atoms with Gasteiger partial charge in [0, 0.05) is 18.5 Å². The Morgan fingerprint density at radius 3 is 2.38 bits per heavy atom. The Hall–Kier alpha value is -0.570. The van der Waals surface area contributed by atoms with E-state index in [9.17, 15) is 9.90 Å². The summed E-state index contributed by atoms with van der Waals surface area (Å²) in [7, 11) is 0. The van der Waals surface area contributed by atoms with Crippen molar-refractivity contribution in [1.29, 1.82) is 0 Å². The van der Waals surface area contributed by atoms with E-state index in [2.05, 4.69) is 13.8 Å². The van der Waals surface area contributed by atoms with Crippen LogP contribution in [-0.2, 0) is 4.79 Å². The van der Waals surface area contributed by atoms with Crippen molar-refractivity contribution in [2.24, 2.45) is 11.3 Å². The predicted molar refractivity (Wildman–Crippen MR) is 62.9 cm³/mol. The highest BCUT2D eigenvalue weighted by Gasteiger charge is 2.41. The minimum Gasteiger partial charge on any atom is -0.391 e. The highest BCUT2D eigenvalue weighted by molar-refractivity contribution is 5.82. The monoisotopic (exact) mass is 225 g/mol. The van der Waals surface area contributed by atoms with E-state index in [1.807, 2.05) is 4.90 Å². The van der Waals surface area contributed by atoms with Gasteiger partial charge in [-0.15, -0.1) is 0 Å². The van der Waals surface area contributed by atoms with Crippen LogP contribution in [0.15, 0.2) is 0 Å². The molecule has 0 aromatic carbocycles. The molecule has 1 heterocycles. The summed E-state index contributed by atoms with van der Waals surface area (Å²) in [5.74, 6) is 0.786. The van der Waals surface area contributed by atoms with E-state index in [1.54, 1.807) is 0 Å². The molecular formula is C13H23NO2. The van der Waals surface area contributed by atoms with Gasteiger partial charge in [-0.05, 0) is 25.2 Å². The van der Waals surface area contributed by atoms with Gasteiger partial charge in [-0.3, -0.25) is 4.79 Å². The lowest BCUT2D eigenvalue weighted by atomic mass is 9.76. The van der Waals surface area contributed by atoms with Gasteiger partial charge in [0.2, 0.25) is 5.91 Å². The molecule has 1 saturated carbocycles. The number of nitrogens with zero attached hydrogens (tertiary/aromatic N) is 1. The Bertz CT molecular complexity index is 269. The van der Waals surface area contributed by atoms with E-state index < -0.39 is 0 Å². The summed E-state index contributed by atoms with van der Waals surface area (Å²) in [5.41, 5.74) is -0.236. The molecule has 2 aliphatic rings. The summed E-state index contributed by atoms with van der Waals surface area (Å²) in [6, 6.07) is 0. The predicted octanol–water partition coefficient (Wildman–Crippen LogP) is 1.80. The van der Waals surface area contributed by atoms with Gasteiger partial charge in [0.05, 0.1) is 6.10 Å². The van der Waals surface area contributed by atoms with E-state index in [-0.39, 0.29) is 17.4 Å². The van der Waals surface area contributed by atoms with Crippen LogP contribution in [-0.4, -0.2) is 35.1 Å². The van der Waals surface area contributed by atoms with Crippen LogP contribution in [0.2, 0.25) is 0 Å². The van der Waals surface area contributed by atoms with Crippen LogP contribution in [0.5, 0.6) is 0 Å². The van der Waals surface area contributed by atoms with E-state index >= 15 is 0 Å². The molecule has 0 aromatic rings. The van der Waals surface area contributed by atoms with Gasteiger partial charge in [0.1, 0.15) is 0 Å². The maximum atomic E-state index is 12.4. The number of hydrogen-bond donors (Lipinski definition) is 1. The summed E-state index contributed by atoms with van der Waals surface area (Å²) >= 11 is 0. The second-order valence-electron chi connectivity index (χ2n) is 5.90. The second-order valence-corrected chi connectivity index (χ2v) is 5.90. The van der Waals surface area contributed by atoms with Crippen molar-refractivity contribution in [2.75, 3.05) is 13.1 Å². The van der Waals surface area contributed by atoms with Crippen LogP contribution in [0.1, 0.15) is 46.0 Å². The zero-order valence-corrected chi connectivity index (χ0v) is 10.4. The van der Waals surface area contributed by atoms with E-state index in [0.29, 0.717) is 12.5 Å². The summed E-state index contributed by atoms with van der Waals surface area (Å²) in [5, 5.41) is 9.49. The first-order chi connectivity index (χ1) is 7.51. The highest BCUT2D eigenvalue weighted by atomic mass is 16.3. The van der Waals surface area contributed by atoms with Crippen molar-refractivity contribution in [3.05, 3.63) is 0 Å². The maximum Gasteiger partial charge on any atom is 0.228 e. The van der Waals surface area contributed by atoms with Gasteiger partial charge in [0.15, 0.2) is 0 Å². The molecule has 1 aliphatic heterocycles. The number of carbonyl (C=O) groups excluding carboxylic acids is 1. The standard InChI is InChI=1S/C13H23NO2/c1-13(2,10-5-3-4-6-10)12(16)14-8-7-11(15)9-14/h10-11,15H,3-9H2,1-2H3/t11-/m1/s1. The van der Waals surface area contributed by atoms with Crippen LogP contribution in [0.3, 0.4) is 0 Å². The molecule has 1 N–H and O–H groups in total. The summed E-state index contributed by atoms with van der Waals surface area (Å²) in [6.45, 7) is 5.43. The topological polar surface area (TPSA) is 40.5 Å². The molecule has 2 rings (SSSR count). The smallest absolute Gasteiger partial charge is 0.228 e. The maximum absolute atomic E-state index is 12.4. The second kappa shape index (κ2) is 4.36. The third-order valence-corrected chi connectivity index (χ3v) is 4.38. The molecule has 0 bridgehead atoms. The van der Waals surface area contributed by atoms with Gasteiger partial charge >= 0.3 is 0 Å². The molecule has 3 nitrogen and oxygen atoms in total. The number of rotatable bonds is 2.